The first-order chi connectivity index (χ1) is 9.62. The summed E-state index contributed by atoms with van der Waals surface area (Å²) in [5.41, 5.74) is 9.90. The maximum absolute atomic E-state index is 6.12. The molecule has 0 aliphatic carbocycles. The standard InChI is InChI=1S/C15H21ClN4/c1-4-11(5-2)15-13(9-17)18-19-20(15)14-8-12(16)7-6-10(14)3/h6-8,11H,4-5,9,17H2,1-3H3. The molecule has 1 aromatic heterocycles. The van der Waals surface area contributed by atoms with Gasteiger partial charge in [0.15, 0.2) is 0 Å². The summed E-state index contributed by atoms with van der Waals surface area (Å²) < 4.78 is 1.90. The van der Waals surface area contributed by atoms with Gasteiger partial charge in [0.05, 0.1) is 11.4 Å². The van der Waals surface area contributed by atoms with E-state index >= 15 is 0 Å². The number of hydrogen-bond donors (Lipinski definition) is 1. The van der Waals surface area contributed by atoms with Crippen molar-refractivity contribution < 1.29 is 0 Å². The Balaban J connectivity index is 2.62. The largest absolute Gasteiger partial charge is 0.325 e. The summed E-state index contributed by atoms with van der Waals surface area (Å²) in [7, 11) is 0. The first kappa shape index (κ1) is 15.0. The van der Waals surface area contributed by atoms with Gasteiger partial charge in [-0.3, -0.25) is 0 Å². The third-order valence-electron chi connectivity index (χ3n) is 3.74. The Labute approximate surface area is 124 Å². The van der Waals surface area contributed by atoms with Crippen molar-refractivity contribution in [3.05, 3.63) is 40.2 Å². The Morgan fingerprint density at radius 1 is 1.30 bits per heavy atom. The van der Waals surface area contributed by atoms with Crippen molar-refractivity contribution in [1.82, 2.24) is 15.0 Å². The zero-order valence-corrected chi connectivity index (χ0v) is 13.0. The highest BCUT2D eigenvalue weighted by atomic mass is 35.5. The number of nitrogens with two attached hydrogens (primary N) is 1. The monoisotopic (exact) mass is 292 g/mol. The highest BCUT2D eigenvalue weighted by Crippen LogP contribution is 2.29. The van der Waals surface area contributed by atoms with Gasteiger partial charge in [-0.2, -0.15) is 0 Å². The van der Waals surface area contributed by atoms with E-state index < -0.39 is 0 Å². The predicted molar refractivity (Wildman–Crippen MR) is 82.3 cm³/mol. The van der Waals surface area contributed by atoms with E-state index in [2.05, 4.69) is 24.2 Å². The van der Waals surface area contributed by atoms with E-state index in [1.807, 2.05) is 29.8 Å². The minimum atomic E-state index is 0.405. The summed E-state index contributed by atoms with van der Waals surface area (Å²) in [6.45, 7) is 6.81. The normalized spacial score (nSPS) is 11.3. The van der Waals surface area contributed by atoms with Crippen LogP contribution in [-0.4, -0.2) is 15.0 Å². The van der Waals surface area contributed by atoms with Crippen LogP contribution in [-0.2, 0) is 6.54 Å². The fourth-order valence-corrected chi connectivity index (χ4v) is 2.70. The molecule has 2 rings (SSSR count). The maximum Gasteiger partial charge on any atom is 0.100 e. The molecule has 0 aliphatic heterocycles. The van der Waals surface area contributed by atoms with Crippen LogP contribution in [0.1, 0.15) is 49.6 Å². The van der Waals surface area contributed by atoms with Gasteiger partial charge in [-0.25, -0.2) is 4.68 Å². The zero-order chi connectivity index (χ0) is 14.7. The van der Waals surface area contributed by atoms with E-state index in [9.17, 15) is 0 Å². The van der Waals surface area contributed by atoms with Crippen LogP contribution in [0.4, 0.5) is 0 Å². The van der Waals surface area contributed by atoms with Crippen LogP contribution in [0.25, 0.3) is 5.69 Å². The number of rotatable bonds is 5. The van der Waals surface area contributed by atoms with Crippen LogP contribution in [0, 0.1) is 6.92 Å². The molecule has 1 heterocycles. The lowest BCUT2D eigenvalue weighted by atomic mass is 9.97. The quantitative estimate of drug-likeness (QED) is 0.916. The SMILES string of the molecule is CCC(CC)c1c(CN)nnn1-c1cc(Cl)ccc1C. The maximum atomic E-state index is 6.12. The number of hydrogen-bond acceptors (Lipinski definition) is 3. The van der Waals surface area contributed by atoms with Crippen molar-refractivity contribution >= 4 is 11.6 Å². The molecular weight excluding hydrogens is 272 g/mol. The van der Waals surface area contributed by atoms with E-state index in [-0.39, 0.29) is 0 Å². The fraction of sp³-hybridized carbons (Fsp3) is 0.467. The average molecular weight is 293 g/mol. The molecular formula is C15H21ClN4. The van der Waals surface area contributed by atoms with Gasteiger partial charge in [0, 0.05) is 17.5 Å². The molecule has 20 heavy (non-hydrogen) atoms. The van der Waals surface area contributed by atoms with Gasteiger partial charge in [0.25, 0.3) is 0 Å². The minimum Gasteiger partial charge on any atom is -0.325 e. The lowest BCUT2D eigenvalue weighted by Crippen LogP contribution is -2.11. The van der Waals surface area contributed by atoms with Crippen LogP contribution in [0.5, 0.6) is 0 Å². The Morgan fingerprint density at radius 3 is 2.60 bits per heavy atom. The summed E-state index contributed by atoms with van der Waals surface area (Å²) in [5.74, 6) is 0.405. The van der Waals surface area contributed by atoms with Crippen LogP contribution in [0.3, 0.4) is 0 Å². The number of aromatic nitrogens is 3. The first-order valence-electron chi connectivity index (χ1n) is 7.03. The molecule has 0 unspecified atom stereocenters. The molecule has 2 N–H and O–H groups in total. The lowest BCUT2D eigenvalue weighted by Gasteiger charge is -2.17. The molecule has 1 aromatic carbocycles. The zero-order valence-electron chi connectivity index (χ0n) is 12.2. The molecule has 0 bridgehead atoms. The molecule has 0 radical (unpaired) electrons. The molecule has 0 atom stereocenters. The van der Waals surface area contributed by atoms with Crippen molar-refractivity contribution in [2.75, 3.05) is 0 Å². The van der Waals surface area contributed by atoms with Gasteiger partial charge >= 0.3 is 0 Å². The van der Waals surface area contributed by atoms with E-state index in [4.69, 9.17) is 17.3 Å². The van der Waals surface area contributed by atoms with Gasteiger partial charge < -0.3 is 5.73 Å². The first-order valence-corrected chi connectivity index (χ1v) is 7.41. The Bertz CT molecular complexity index is 588. The van der Waals surface area contributed by atoms with Crippen molar-refractivity contribution in [3.63, 3.8) is 0 Å². The second-order valence-electron chi connectivity index (χ2n) is 4.98. The summed E-state index contributed by atoms with van der Waals surface area (Å²) >= 11 is 6.12. The number of nitrogens with zero attached hydrogens (tertiary/aromatic N) is 3. The van der Waals surface area contributed by atoms with Crippen LogP contribution in [0.15, 0.2) is 18.2 Å². The molecule has 0 amide bonds. The molecule has 2 aromatic rings. The third kappa shape index (κ3) is 2.72. The summed E-state index contributed by atoms with van der Waals surface area (Å²) in [6.07, 6.45) is 2.08. The van der Waals surface area contributed by atoms with Crippen molar-refractivity contribution in [3.8, 4) is 5.69 Å². The van der Waals surface area contributed by atoms with Crippen molar-refractivity contribution in [1.29, 1.82) is 0 Å². The molecule has 5 heteroatoms. The summed E-state index contributed by atoms with van der Waals surface area (Å²) in [4.78, 5) is 0. The summed E-state index contributed by atoms with van der Waals surface area (Å²) in [6, 6.07) is 5.81. The molecule has 0 spiro atoms. The lowest BCUT2D eigenvalue weighted by molar-refractivity contribution is 0.590. The number of halogens is 1. The molecule has 108 valence electrons. The van der Waals surface area contributed by atoms with Crippen molar-refractivity contribution in [2.45, 2.75) is 46.1 Å². The molecule has 0 fully saturated rings. The smallest absolute Gasteiger partial charge is 0.100 e. The second kappa shape index (κ2) is 6.37. The number of aryl methyl sites for hydroxylation is 1. The Morgan fingerprint density at radius 2 is 2.00 bits per heavy atom. The third-order valence-corrected chi connectivity index (χ3v) is 3.98. The second-order valence-corrected chi connectivity index (χ2v) is 5.42. The van der Waals surface area contributed by atoms with Crippen molar-refractivity contribution in [2.24, 2.45) is 5.73 Å². The molecule has 0 aliphatic rings. The van der Waals surface area contributed by atoms with Crippen LogP contribution in [0.2, 0.25) is 5.02 Å². The van der Waals surface area contributed by atoms with E-state index in [1.54, 1.807) is 0 Å². The Kier molecular flexibility index (Phi) is 4.78. The molecule has 0 saturated heterocycles. The minimum absolute atomic E-state index is 0.405. The predicted octanol–water partition coefficient (Wildman–Crippen LogP) is 3.59. The Hall–Kier alpha value is -1.39. The van der Waals surface area contributed by atoms with Crippen LogP contribution < -0.4 is 5.73 Å². The van der Waals surface area contributed by atoms with E-state index in [0.717, 1.165) is 35.5 Å². The summed E-state index contributed by atoms with van der Waals surface area (Å²) in [5, 5.41) is 9.25. The van der Waals surface area contributed by atoms with Gasteiger partial charge in [-0.05, 0) is 37.5 Å². The van der Waals surface area contributed by atoms with Gasteiger partial charge in [0.1, 0.15) is 5.69 Å². The molecule has 0 saturated carbocycles. The van der Waals surface area contributed by atoms with Gasteiger partial charge in [-0.1, -0.05) is 36.7 Å². The highest BCUT2D eigenvalue weighted by Gasteiger charge is 2.21. The topological polar surface area (TPSA) is 56.7 Å². The van der Waals surface area contributed by atoms with Gasteiger partial charge in [-0.15, -0.1) is 5.10 Å². The van der Waals surface area contributed by atoms with Gasteiger partial charge in [0.2, 0.25) is 0 Å². The van der Waals surface area contributed by atoms with E-state index in [1.165, 1.54) is 0 Å². The average Bonchev–Trinajstić information content (AvgIpc) is 2.87. The highest BCUT2D eigenvalue weighted by molar-refractivity contribution is 6.30. The van der Waals surface area contributed by atoms with E-state index in [0.29, 0.717) is 17.5 Å². The fourth-order valence-electron chi connectivity index (χ4n) is 2.54. The number of benzene rings is 1. The molecule has 4 nitrogen and oxygen atoms in total. The van der Waals surface area contributed by atoms with Crippen LogP contribution >= 0.6 is 11.6 Å².